The first-order valence-corrected chi connectivity index (χ1v) is 5.11. The fraction of sp³-hybridized carbons (Fsp3) is 0.900. The zero-order valence-electron chi connectivity index (χ0n) is 9.01. The topological polar surface area (TPSA) is 64.4 Å². The van der Waals surface area contributed by atoms with Gasteiger partial charge in [-0.2, -0.15) is 0 Å². The smallest absolute Gasteiger partial charge is 0.219 e. The van der Waals surface area contributed by atoms with Crippen molar-refractivity contribution in [1.29, 1.82) is 0 Å². The zero-order chi connectivity index (χ0) is 10.6. The molecule has 1 fully saturated rings. The average molecular weight is 200 g/mol. The number of hydrogen-bond donors (Lipinski definition) is 2. The van der Waals surface area contributed by atoms with E-state index in [-0.39, 0.29) is 11.4 Å². The maximum atomic E-state index is 10.8. The second-order valence-corrected chi connectivity index (χ2v) is 4.64. The third-order valence-corrected chi connectivity index (χ3v) is 2.51. The minimum atomic E-state index is -0.259. The third-order valence-electron chi connectivity index (χ3n) is 2.51. The molecule has 0 bridgehead atoms. The second kappa shape index (κ2) is 4.75. The molecule has 1 rings (SSSR count). The van der Waals surface area contributed by atoms with Crippen molar-refractivity contribution in [2.24, 2.45) is 11.7 Å². The number of nitrogens with one attached hydrogen (secondary N) is 1. The Labute approximate surface area is 85.2 Å². The number of hydrogen-bond acceptors (Lipinski definition) is 3. The van der Waals surface area contributed by atoms with E-state index in [0.29, 0.717) is 12.3 Å². The molecule has 0 aliphatic carbocycles. The molecule has 0 saturated carbocycles. The number of primary amides is 1. The molecular weight excluding hydrogens is 180 g/mol. The monoisotopic (exact) mass is 200 g/mol. The van der Waals surface area contributed by atoms with Crippen molar-refractivity contribution in [3.05, 3.63) is 0 Å². The molecule has 1 saturated heterocycles. The minimum absolute atomic E-state index is 0.200. The summed E-state index contributed by atoms with van der Waals surface area (Å²) in [7, 11) is 0. The van der Waals surface area contributed by atoms with Crippen LogP contribution in [0.15, 0.2) is 0 Å². The van der Waals surface area contributed by atoms with Crippen molar-refractivity contribution in [2.75, 3.05) is 19.8 Å². The van der Waals surface area contributed by atoms with Crippen LogP contribution in [0.1, 0.15) is 26.7 Å². The Morgan fingerprint density at radius 1 is 1.64 bits per heavy atom. The van der Waals surface area contributed by atoms with Gasteiger partial charge in [0.15, 0.2) is 0 Å². The lowest BCUT2D eigenvalue weighted by Gasteiger charge is -2.26. The zero-order valence-corrected chi connectivity index (χ0v) is 9.01. The average Bonchev–Trinajstić information content (AvgIpc) is 2.50. The van der Waals surface area contributed by atoms with Crippen molar-refractivity contribution in [3.63, 3.8) is 0 Å². The molecule has 1 heterocycles. The maximum absolute atomic E-state index is 10.8. The highest BCUT2D eigenvalue weighted by Gasteiger charge is 2.23. The second-order valence-electron chi connectivity index (χ2n) is 4.64. The van der Waals surface area contributed by atoms with Gasteiger partial charge in [0.1, 0.15) is 0 Å². The quantitative estimate of drug-likeness (QED) is 0.669. The van der Waals surface area contributed by atoms with Gasteiger partial charge in [0.05, 0.1) is 6.61 Å². The summed E-state index contributed by atoms with van der Waals surface area (Å²) in [5, 5.41) is 3.35. The predicted octanol–water partition coefficient (Wildman–Crippen LogP) is 0.267. The highest BCUT2D eigenvalue weighted by atomic mass is 16.5. The van der Waals surface area contributed by atoms with Gasteiger partial charge in [-0.1, -0.05) is 0 Å². The van der Waals surface area contributed by atoms with Crippen LogP contribution in [0, 0.1) is 5.92 Å². The Hall–Kier alpha value is -0.610. The lowest BCUT2D eigenvalue weighted by atomic mass is 9.98. The summed E-state index contributed by atoms with van der Waals surface area (Å²) < 4.78 is 5.27. The molecule has 1 aliphatic heterocycles. The van der Waals surface area contributed by atoms with Crippen LogP contribution in [0.4, 0.5) is 0 Å². The number of amides is 1. The third kappa shape index (κ3) is 4.07. The Balaban J connectivity index is 2.23. The Kier molecular flexibility index (Phi) is 3.89. The van der Waals surface area contributed by atoms with Crippen LogP contribution < -0.4 is 11.1 Å². The van der Waals surface area contributed by atoms with Crippen molar-refractivity contribution >= 4 is 5.91 Å². The molecule has 82 valence electrons. The van der Waals surface area contributed by atoms with E-state index in [1.807, 2.05) is 13.8 Å². The van der Waals surface area contributed by atoms with E-state index in [9.17, 15) is 4.79 Å². The SMILES string of the molecule is CC(C)(CC(N)=O)NCC1CCOC1. The standard InChI is InChI=1S/C10H20N2O2/c1-10(2,5-9(11)13)12-6-8-3-4-14-7-8/h8,12H,3-7H2,1-2H3,(H2,11,13). The van der Waals surface area contributed by atoms with Gasteiger partial charge in [-0.05, 0) is 26.2 Å². The Morgan fingerprint density at radius 3 is 2.86 bits per heavy atom. The molecule has 1 aliphatic rings. The molecule has 4 nitrogen and oxygen atoms in total. The van der Waals surface area contributed by atoms with Crippen molar-refractivity contribution in [3.8, 4) is 0 Å². The lowest BCUT2D eigenvalue weighted by Crippen LogP contribution is -2.44. The highest BCUT2D eigenvalue weighted by molar-refractivity contribution is 5.74. The van der Waals surface area contributed by atoms with Crippen molar-refractivity contribution in [1.82, 2.24) is 5.32 Å². The van der Waals surface area contributed by atoms with Crippen LogP contribution in [0.2, 0.25) is 0 Å². The lowest BCUT2D eigenvalue weighted by molar-refractivity contribution is -0.119. The largest absolute Gasteiger partial charge is 0.381 e. The van der Waals surface area contributed by atoms with E-state index in [2.05, 4.69) is 5.32 Å². The molecule has 0 aromatic carbocycles. The Morgan fingerprint density at radius 2 is 2.36 bits per heavy atom. The normalized spacial score (nSPS) is 22.6. The molecule has 0 radical (unpaired) electrons. The molecule has 14 heavy (non-hydrogen) atoms. The van der Waals surface area contributed by atoms with Gasteiger partial charge >= 0.3 is 0 Å². The molecule has 3 N–H and O–H groups in total. The minimum Gasteiger partial charge on any atom is -0.381 e. The van der Waals surface area contributed by atoms with Gasteiger partial charge < -0.3 is 15.8 Å². The van der Waals surface area contributed by atoms with Crippen molar-refractivity contribution < 1.29 is 9.53 Å². The molecule has 1 amide bonds. The van der Waals surface area contributed by atoms with Gasteiger partial charge in [0.25, 0.3) is 0 Å². The first-order chi connectivity index (χ1) is 6.49. The highest BCUT2D eigenvalue weighted by Crippen LogP contribution is 2.14. The number of ether oxygens (including phenoxy) is 1. The molecule has 1 atom stereocenters. The van der Waals surface area contributed by atoms with E-state index in [1.54, 1.807) is 0 Å². The number of rotatable bonds is 5. The van der Waals surface area contributed by atoms with Crippen molar-refractivity contribution in [2.45, 2.75) is 32.2 Å². The van der Waals surface area contributed by atoms with Gasteiger partial charge in [-0.25, -0.2) is 0 Å². The number of carbonyl (C=O) groups excluding carboxylic acids is 1. The Bertz CT molecular complexity index is 198. The summed E-state index contributed by atoms with van der Waals surface area (Å²) in [5.74, 6) is 0.326. The molecule has 0 aromatic rings. The molecule has 0 spiro atoms. The first-order valence-electron chi connectivity index (χ1n) is 5.11. The summed E-state index contributed by atoms with van der Waals surface area (Å²) in [4.78, 5) is 10.8. The van der Waals surface area contributed by atoms with Crippen LogP contribution in [-0.4, -0.2) is 31.2 Å². The first kappa shape index (κ1) is 11.5. The number of nitrogens with two attached hydrogens (primary N) is 1. The fourth-order valence-corrected chi connectivity index (χ4v) is 1.66. The van der Waals surface area contributed by atoms with Crippen LogP contribution in [0.25, 0.3) is 0 Å². The van der Waals surface area contributed by atoms with E-state index >= 15 is 0 Å². The summed E-state index contributed by atoms with van der Waals surface area (Å²) in [6.07, 6.45) is 1.49. The fourth-order valence-electron chi connectivity index (χ4n) is 1.66. The summed E-state index contributed by atoms with van der Waals surface area (Å²) in [6, 6.07) is 0. The van der Waals surface area contributed by atoms with E-state index in [4.69, 9.17) is 10.5 Å². The molecular formula is C10H20N2O2. The van der Waals surface area contributed by atoms with Crippen LogP contribution in [0.5, 0.6) is 0 Å². The summed E-state index contributed by atoms with van der Waals surface area (Å²) >= 11 is 0. The summed E-state index contributed by atoms with van der Waals surface area (Å²) in [5.41, 5.74) is 4.96. The van der Waals surface area contributed by atoms with Gasteiger partial charge in [0, 0.05) is 25.1 Å². The van der Waals surface area contributed by atoms with E-state index < -0.39 is 0 Å². The van der Waals surface area contributed by atoms with E-state index in [1.165, 1.54) is 0 Å². The van der Waals surface area contributed by atoms with Gasteiger partial charge in [-0.15, -0.1) is 0 Å². The van der Waals surface area contributed by atoms with Gasteiger partial charge in [0.2, 0.25) is 5.91 Å². The molecule has 0 aromatic heterocycles. The molecule has 4 heteroatoms. The van der Waals surface area contributed by atoms with Crippen LogP contribution in [-0.2, 0) is 9.53 Å². The number of carbonyl (C=O) groups is 1. The van der Waals surface area contributed by atoms with E-state index in [0.717, 1.165) is 26.2 Å². The summed E-state index contributed by atoms with van der Waals surface area (Å²) in [6.45, 7) is 6.59. The predicted molar refractivity (Wildman–Crippen MR) is 54.8 cm³/mol. The van der Waals surface area contributed by atoms with Crippen LogP contribution >= 0.6 is 0 Å². The maximum Gasteiger partial charge on any atom is 0.219 e. The van der Waals surface area contributed by atoms with Gasteiger partial charge in [-0.3, -0.25) is 4.79 Å². The van der Waals surface area contributed by atoms with Crippen LogP contribution in [0.3, 0.4) is 0 Å². The molecule has 1 unspecified atom stereocenters.